The summed E-state index contributed by atoms with van der Waals surface area (Å²) in [6, 6.07) is 10.5. The van der Waals surface area contributed by atoms with Gasteiger partial charge in [-0.1, -0.05) is 30.3 Å². The van der Waals surface area contributed by atoms with Crippen LogP contribution in [-0.2, 0) is 25.9 Å². The van der Waals surface area contributed by atoms with E-state index in [2.05, 4.69) is 50.7 Å². The van der Waals surface area contributed by atoms with Gasteiger partial charge in [0.2, 0.25) is 0 Å². The molecule has 1 atom stereocenters. The largest absolute Gasteiger partial charge is 0.324 e. The highest BCUT2D eigenvalue weighted by Gasteiger charge is 2.26. The number of nitrogens with one attached hydrogen (secondary N) is 1. The van der Waals surface area contributed by atoms with E-state index < -0.39 is 0 Å². The summed E-state index contributed by atoms with van der Waals surface area (Å²) in [4.78, 5) is 24.6. The number of aryl methyl sites for hydroxylation is 1. The summed E-state index contributed by atoms with van der Waals surface area (Å²) < 4.78 is 1.84. The van der Waals surface area contributed by atoms with Crippen LogP contribution in [0.3, 0.4) is 0 Å². The first-order valence-corrected chi connectivity index (χ1v) is 10.0. The summed E-state index contributed by atoms with van der Waals surface area (Å²) >= 11 is 1.61. The van der Waals surface area contributed by atoms with Crippen LogP contribution in [0.15, 0.2) is 36.7 Å². The number of amides is 2. The van der Waals surface area contributed by atoms with Crippen molar-refractivity contribution in [2.24, 2.45) is 0 Å². The number of hydrogen-bond donors (Lipinski definition) is 1. The van der Waals surface area contributed by atoms with Crippen LogP contribution in [-0.4, -0.2) is 37.2 Å². The Morgan fingerprint density at radius 1 is 1.22 bits per heavy atom. The van der Waals surface area contributed by atoms with Crippen LogP contribution in [0.25, 0.3) is 0 Å². The number of nitrogens with zero attached hydrogens (tertiary/aromatic N) is 5. The quantitative estimate of drug-likeness (QED) is 0.741. The minimum atomic E-state index is -0.116. The van der Waals surface area contributed by atoms with Crippen LogP contribution in [0.4, 0.5) is 9.93 Å². The Balaban J connectivity index is 1.27. The molecule has 7 nitrogen and oxygen atoms in total. The molecule has 3 heterocycles. The Kier molecular flexibility index (Phi) is 4.12. The van der Waals surface area contributed by atoms with Crippen LogP contribution >= 0.6 is 11.3 Å². The molecule has 0 saturated heterocycles. The molecule has 0 bridgehead atoms. The summed E-state index contributed by atoms with van der Waals surface area (Å²) in [6.45, 7) is 1.78. The maximum atomic E-state index is 12.6. The van der Waals surface area contributed by atoms with Gasteiger partial charge in [-0.2, -0.15) is 5.10 Å². The molecule has 1 N–H and O–H groups in total. The van der Waals surface area contributed by atoms with Crippen molar-refractivity contribution in [3.05, 3.63) is 58.6 Å². The minimum Gasteiger partial charge on any atom is -0.315 e. The average molecular weight is 380 g/mol. The molecule has 5 rings (SSSR count). The van der Waals surface area contributed by atoms with E-state index in [-0.39, 0.29) is 6.03 Å². The number of aromatic nitrogens is 4. The molecule has 0 saturated carbocycles. The third-order valence-electron chi connectivity index (χ3n) is 5.32. The number of benzene rings is 1. The number of carbonyl (C=O) groups excluding carboxylic acids is 1. The first-order chi connectivity index (χ1) is 13.3. The highest BCUT2D eigenvalue weighted by Crippen LogP contribution is 2.37. The molecule has 1 aliphatic carbocycles. The van der Waals surface area contributed by atoms with Crippen molar-refractivity contribution < 1.29 is 4.79 Å². The van der Waals surface area contributed by atoms with E-state index in [0.29, 0.717) is 30.7 Å². The highest BCUT2D eigenvalue weighted by atomic mass is 32.1. The van der Waals surface area contributed by atoms with Gasteiger partial charge in [-0.3, -0.25) is 5.32 Å². The molecular weight excluding hydrogens is 360 g/mol. The number of carbonyl (C=O) groups is 1. The molecular formula is C19H20N6OS. The van der Waals surface area contributed by atoms with E-state index in [1.165, 1.54) is 16.8 Å². The lowest BCUT2D eigenvalue weighted by molar-refractivity contribution is 0.193. The predicted octanol–water partition coefficient (Wildman–Crippen LogP) is 3.05. The van der Waals surface area contributed by atoms with E-state index in [9.17, 15) is 4.79 Å². The fraction of sp³-hybridized carbons (Fsp3) is 0.368. The number of urea groups is 1. The van der Waals surface area contributed by atoms with Crippen molar-refractivity contribution >= 4 is 22.5 Å². The predicted molar refractivity (Wildman–Crippen MR) is 103 cm³/mol. The fourth-order valence-electron chi connectivity index (χ4n) is 3.84. The molecule has 1 aromatic carbocycles. The maximum absolute atomic E-state index is 12.6. The van der Waals surface area contributed by atoms with Crippen LogP contribution in [0.1, 0.15) is 34.3 Å². The number of hydrogen-bond acceptors (Lipinski definition) is 5. The molecule has 1 aliphatic heterocycles. The first kappa shape index (κ1) is 16.4. The lowest BCUT2D eigenvalue weighted by atomic mass is 9.85. The number of fused-ring (bicyclic) bond motifs is 2. The average Bonchev–Trinajstić information content (AvgIpc) is 3.33. The molecule has 2 amide bonds. The van der Waals surface area contributed by atoms with Gasteiger partial charge >= 0.3 is 6.03 Å². The molecule has 3 aromatic rings. The smallest absolute Gasteiger partial charge is 0.315 e. The van der Waals surface area contributed by atoms with Crippen molar-refractivity contribution in [2.45, 2.75) is 38.3 Å². The van der Waals surface area contributed by atoms with Gasteiger partial charge < -0.3 is 4.90 Å². The van der Waals surface area contributed by atoms with E-state index in [1.54, 1.807) is 16.2 Å². The Morgan fingerprint density at radius 2 is 2.11 bits per heavy atom. The van der Waals surface area contributed by atoms with E-state index in [1.807, 2.05) is 4.68 Å². The van der Waals surface area contributed by atoms with Gasteiger partial charge in [-0.05, 0) is 30.7 Å². The zero-order valence-electron chi connectivity index (χ0n) is 14.8. The zero-order chi connectivity index (χ0) is 18.2. The molecule has 27 heavy (non-hydrogen) atoms. The van der Waals surface area contributed by atoms with Gasteiger partial charge in [0, 0.05) is 11.4 Å². The van der Waals surface area contributed by atoms with E-state index >= 15 is 0 Å². The molecule has 1 unspecified atom stereocenters. The van der Waals surface area contributed by atoms with Gasteiger partial charge in [0.25, 0.3) is 0 Å². The van der Waals surface area contributed by atoms with Crippen LogP contribution < -0.4 is 5.32 Å². The normalized spacial score (nSPS) is 18.7. The van der Waals surface area contributed by atoms with Crippen molar-refractivity contribution in [3.8, 4) is 0 Å². The third-order valence-corrected chi connectivity index (χ3v) is 6.36. The first-order valence-electron chi connectivity index (χ1n) is 9.22. The van der Waals surface area contributed by atoms with Gasteiger partial charge in [0.05, 0.1) is 18.8 Å². The third kappa shape index (κ3) is 3.21. The zero-order valence-corrected chi connectivity index (χ0v) is 15.7. The SMILES string of the molecule is O=C(Nc1nc2c(s1)CC(c1ccccc1)CC2)N1CCn2ncnc2C1. The molecule has 8 heteroatoms. The van der Waals surface area contributed by atoms with Crippen molar-refractivity contribution in [2.75, 3.05) is 11.9 Å². The van der Waals surface area contributed by atoms with Crippen LogP contribution in [0, 0.1) is 0 Å². The summed E-state index contributed by atoms with van der Waals surface area (Å²) in [5, 5.41) is 7.83. The lowest BCUT2D eigenvalue weighted by Gasteiger charge is -2.26. The number of rotatable bonds is 2. The monoisotopic (exact) mass is 380 g/mol. The molecule has 0 radical (unpaired) electrons. The minimum absolute atomic E-state index is 0.116. The van der Waals surface area contributed by atoms with E-state index in [0.717, 1.165) is 30.8 Å². The summed E-state index contributed by atoms with van der Waals surface area (Å²) in [7, 11) is 0. The Morgan fingerprint density at radius 3 is 3.00 bits per heavy atom. The molecule has 2 aliphatic rings. The second-order valence-electron chi connectivity index (χ2n) is 6.99. The number of anilines is 1. The standard InChI is InChI=1S/C19H20N6OS/c26-19(24-8-9-25-17(11-24)20-12-21-25)23-18-22-15-7-6-14(10-16(15)27-18)13-4-2-1-3-5-13/h1-5,12,14H,6-11H2,(H,22,23,26). The van der Waals surface area contributed by atoms with Crippen LogP contribution in [0.5, 0.6) is 0 Å². The molecule has 0 spiro atoms. The Hall–Kier alpha value is -2.74. The number of thiazole rings is 1. The van der Waals surface area contributed by atoms with Crippen molar-refractivity contribution in [3.63, 3.8) is 0 Å². The summed E-state index contributed by atoms with van der Waals surface area (Å²) in [5.41, 5.74) is 2.53. The van der Waals surface area contributed by atoms with Gasteiger partial charge in [0.1, 0.15) is 12.2 Å². The maximum Gasteiger partial charge on any atom is 0.324 e. The fourth-order valence-corrected chi connectivity index (χ4v) is 4.92. The van der Waals surface area contributed by atoms with Gasteiger partial charge in [0.15, 0.2) is 5.13 Å². The second kappa shape index (κ2) is 6.77. The van der Waals surface area contributed by atoms with Crippen molar-refractivity contribution in [1.29, 1.82) is 0 Å². The highest BCUT2D eigenvalue weighted by molar-refractivity contribution is 7.15. The molecule has 138 valence electrons. The molecule has 2 aromatic heterocycles. The summed E-state index contributed by atoms with van der Waals surface area (Å²) in [5.74, 6) is 1.36. The van der Waals surface area contributed by atoms with Crippen LogP contribution in [0.2, 0.25) is 0 Å². The molecule has 0 fully saturated rings. The Labute approximate surface area is 161 Å². The van der Waals surface area contributed by atoms with Gasteiger partial charge in [-0.25, -0.2) is 19.4 Å². The summed E-state index contributed by atoms with van der Waals surface area (Å²) in [6.07, 6.45) is 4.61. The topological polar surface area (TPSA) is 75.9 Å². The van der Waals surface area contributed by atoms with Gasteiger partial charge in [-0.15, -0.1) is 11.3 Å². The van der Waals surface area contributed by atoms with E-state index in [4.69, 9.17) is 0 Å². The van der Waals surface area contributed by atoms with Crippen molar-refractivity contribution in [1.82, 2.24) is 24.6 Å². The Bertz CT molecular complexity index is 966. The lowest BCUT2D eigenvalue weighted by Crippen LogP contribution is -2.41. The second-order valence-corrected chi connectivity index (χ2v) is 8.07.